The minimum atomic E-state index is -0.482. The van der Waals surface area contributed by atoms with Crippen LogP contribution < -0.4 is 10.1 Å². The molecule has 1 amide bonds. The summed E-state index contributed by atoms with van der Waals surface area (Å²) in [5, 5.41) is 2.54. The zero-order valence-electron chi connectivity index (χ0n) is 10.6. The molecule has 20 heavy (non-hydrogen) atoms. The van der Waals surface area contributed by atoms with Gasteiger partial charge in [0.25, 0.3) is 5.91 Å². The molecule has 2 rings (SSSR count). The number of benzene rings is 1. The van der Waals surface area contributed by atoms with Gasteiger partial charge in [-0.1, -0.05) is 42.7 Å². The second-order valence-corrected chi connectivity index (χ2v) is 5.81. The molecule has 102 valence electrons. The minimum Gasteiger partial charge on any atom is -0.423 e. The predicted molar refractivity (Wildman–Crippen MR) is 83.2 cm³/mol. The Bertz CT molecular complexity index is 650. The third kappa shape index (κ3) is 3.55. The topological polar surface area (TPSA) is 55.4 Å². The molecule has 1 heterocycles. The molecular weight excluding hydrogens is 294 g/mol. The quantitative estimate of drug-likeness (QED) is 0.403. The van der Waals surface area contributed by atoms with Gasteiger partial charge in [-0.15, -0.1) is 0 Å². The Hall–Kier alpha value is -1.92. The zero-order chi connectivity index (χ0) is 14.7. The Morgan fingerprint density at radius 2 is 2.25 bits per heavy atom. The molecule has 6 heteroatoms. The molecule has 1 aliphatic heterocycles. The normalized spacial score (nSPS) is 16.1. The molecule has 1 N–H and O–H groups in total. The molecule has 1 aromatic rings. The van der Waals surface area contributed by atoms with Crippen molar-refractivity contribution in [2.45, 2.75) is 6.92 Å². The van der Waals surface area contributed by atoms with Gasteiger partial charge in [0.05, 0.1) is 4.91 Å². The SMILES string of the molecule is C=C(C)C(=O)Oc1cccc(/C=C2\SC(=S)NC2=O)c1. The molecule has 0 atom stereocenters. The summed E-state index contributed by atoms with van der Waals surface area (Å²) in [5.41, 5.74) is 1.07. The van der Waals surface area contributed by atoms with E-state index < -0.39 is 5.97 Å². The molecule has 0 radical (unpaired) electrons. The molecule has 0 unspecified atom stereocenters. The van der Waals surface area contributed by atoms with Crippen LogP contribution in [0.2, 0.25) is 0 Å². The first-order valence-electron chi connectivity index (χ1n) is 5.68. The van der Waals surface area contributed by atoms with Crippen LogP contribution in [0.5, 0.6) is 5.75 Å². The number of hydrogen-bond acceptors (Lipinski definition) is 5. The van der Waals surface area contributed by atoms with Gasteiger partial charge in [0.2, 0.25) is 0 Å². The number of carbonyl (C=O) groups is 2. The lowest BCUT2D eigenvalue weighted by atomic mass is 10.2. The van der Waals surface area contributed by atoms with Crippen LogP contribution in [0.3, 0.4) is 0 Å². The van der Waals surface area contributed by atoms with Crippen LogP contribution in [0.1, 0.15) is 12.5 Å². The van der Waals surface area contributed by atoms with E-state index in [1.54, 1.807) is 37.3 Å². The first kappa shape index (κ1) is 14.5. The van der Waals surface area contributed by atoms with Crippen molar-refractivity contribution in [2.75, 3.05) is 0 Å². The van der Waals surface area contributed by atoms with Crippen LogP contribution in [0, 0.1) is 0 Å². The molecule has 0 aliphatic carbocycles. The maximum atomic E-state index is 11.6. The van der Waals surface area contributed by atoms with Gasteiger partial charge in [-0.25, -0.2) is 4.79 Å². The number of thiocarbonyl (C=S) groups is 1. The minimum absolute atomic E-state index is 0.218. The van der Waals surface area contributed by atoms with E-state index in [2.05, 4.69) is 11.9 Å². The van der Waals surface area contributed by atoms with E-state index in [0.29, 0.717) is 20.5 Å². The highest BCUT2D eigenvalue weighted by atomic mass is 32.2. The Morgan fingerprint density at radius 3 is 2.85 bits per heavy atom. The number of rotatable bonds is 3. The fourth-order valence-electron chi connectivity index (χ4n) is 1.43. The second-order valence-electron chi connectivity index (χ2n) is 4.09. The molecule has 4 nitrogen and oxygen atoms in total. The summed E-state index contributed by atoms with van der Waals surface area (Å²) >= 11 is 6.12. The highest BCUT2D eigenvalue weighted by molar-refractivity contribution is 8.26. The molecular formula is C14H11NO3S2. The predicted octanol–water partition coefficient (Wildman–Crippen LogP) is 2.66. The molecule has 0 aromatic heterocycles. The van der Waals surface area contributed by atoms with Gasteiger partial charge in [-0.05, 0) is 30.7 Å². The maximum Gasteiger partial charge on any atom is 0.338 e. The highest BCUT2D eigenvalue weighted by Gasteiger charge is 2.21. The number of ether oxygens (including phenoxy) is 1. The third-order valence-electron chi connectivity index (χ3n) is 2.36. The van der Waals surface area contributed by atoms with E-state index in [-0.39, 0.29) is 5.91 Å². The average molecular weight is 305 g/mol. The number of nitrogens with one attached hydrogen (secondary N) is 1. The summed E-state index contributed by atoms with van der Waals surface area (Å²) in [5.74, 6) is -0.299. The van der Waals surface area contributed by atoms with Gasteiger partial charge >= 0.3 is 5.97 Å². The molecule has 0 spiro atoms. The van der Waals surface area contributed by atoms with Crippen molar-refractivity contribution in [2.24, 2.45) is 0 Å². The lowest BCUT2D eigenvalue weighted by Crippen LogP contribution is -2.17. The summed E-state index contributed by atoms with van der Waals surface area (Å²) in [6.45, 7) is 5.10. The van der Waals surface area contributed by atoms with Gasteiger partial charge < -0.3 is 10.1 Å². The summed E-state index contributed by atoms with van der Waals surface area (Å²) in [4.78, 5) is 23.5. The van der Waals surface area contributed by atoms with Gasteiger partial charge in [0, 0.05) is 5.57 Å². The maximum absolute atomic E-state index is 11.6. The lowest BCUT2D eigenvalue weighted by molar-refractivity contribution is -0.130. The molecule has 1 aliphatic rings. The van der Waals surface area contributed by atoms with Crippen molar-refractivity contribution in [1.29, 1.82) is 0 Å². The van der Waals surface area contributed by atoms with Crippen molar-refractivity contribution < 1.29 is 14.3 Å². The third-order valence-corrected chi connectivity index (χ3v) is 3.52. The molecule has 0 bridgehead atoms. The monoisotopic (exact) mass is 305 g/mol. The van der Waals surface area contributed by atoms with Crippen molar-refractivity contribution >= 4 is 46.3 Å². The van der Waals surface area contributed by atoms with E-state index in [1.165, 1.54) is 11.8 Å². The Morgan fingerprint density at radius 1 is 1.50 bits per heavy atom. The smallest absolute Gasteiger partial charge is 0.338 e. The van der Waals surface area contributed by atoms with Gasteiger partial charge in [-0.3, -0.25) is 4.79 Å². The fraction of sp³-hybridized carbons (Fsp3) is 0.0714. The summed E-state index contributed by atoms with van der Waals surface area (Å²) in [6.07, 6.45) is 1.69. The van der Waals surface area contributed by atoms with E-state index in [0.717, 1.165) is 5.56 Å². The molecule has 1 fully saturated rings. The van der Waals surface area contributed by atoms with Crippen molar-refractivity contribution in [3.05, 3.63) is 46.9 Å². The number of amides is 1. The number of hydrogen-bond donors (Lipinski definition) is 1. The Labute approximate surface area is 125 Å². The van der Waals surface area contributed by atoms with E-state index >= 15 is 0 Å². The van der Waals surface area contributed by atoms with Crippen molar-refractivity contribution in [3.8, 4) is 5.75 Å². The van der Waals surface area contributed by atoms with Crippen LogP contribution in [0.15, 0.2) is 41.3 Å². The number of thioether (sulfide) groups is 1. The average Bonchev–Trinajstić information content (AvgIpc) is 2.68. The van der Waals surface area contributed by atoms with Crippen LogP contribution in [-0.2, 0) is 9.59 Å². The highest BCUT2D eigenvalue weighted by Crippen LogP contribution is 2.26. The first-order chi connectivity index (χ1) is 9.45. The van der Waals surface area contributed by atoms with E-state index in [4.69, 9.17) is 17.0 Å². The molecule has 0 saturated carbocycles. The number of esters is 1. The van der Waals surface area contributed by atoms with Gasteiger partial charge in [0.1, 0.15) is 10.1 Å². The van der Waals surface area contributed by atoms with E-state index in [9.17, 15) is 9.59 Å². The van der Waals surface area contributed by atoms with Crippen molar-refractivity contribution in [1.82, 2.24) is 5.32 Å². The van der Waals surface area contributed by atoms with Gasteiger partial charge in [-0.2, -0.15) is 0 Å². The largest absolute Gasteiger partial charge is 0.423 e. The molecule has 1 saturated heterocycles. The standard InChI is InChI=1S/C14H11NO3S2/c1-8(2)13(17)18-10-5-3-4-9(6-10)7-11-12(16)15-14(19)20-11/h3-7H,1H2,2H3,(H,15,16,19)/b11-7-. The van der Waals surface area contributed by atoms with Crippen LogP contribution >= 0.6 is 24.0 Å². The van der Waals surface area contributed by atoms with E-state index in [1.807, 2.05) is 0 Å². The second kappa shape index (κ2) is 6.02. The van der Waals surface area contributed by atoms with Crippen LogP contribution in [0.25, 0.3) is 6.08 Å². The Balaban J connectivity index is 2.20. The summed E-state index contributed by atoms with van der Waals surface area (Å²) in [7, 11) is 0. The van der Waals surface area contributed by atoms with Crippen molar-refractivity contribution in [3.63, 3.8) is 0 Å². The number of carbonyl (C=O) groups excluding carboxylic acids is 2. The zero-order valence-corrected chi connectivity index (χ0v) is 12.3. The Kier molecular flexibility index (Phi) is 4.36. The lowest BCUT2D eigenvalue weighted by Gasteiger charge is -2.04. The molecule has 1 aromatic carbocycles. The van der Waals surface area contributed by atoms with Crippen LogP contribution in [0.4, 0.5) is 0 Å². The summed E-state index contributed by atoms with van der Waals surface area (Å²) in [6, 6.07) is 6.88. The fourth-order valence-corrected chi connectivity index (χ4v) is 2.48. The van der Waals surface area contributed by atoms with Gasteiger partial charge in [0.15, 0.2) is 0 Å². The van der Waals surface area contributed by atoms with Crippen LogP contribution in [-0.4, -0.2) is 16.2 Å². The first-order valence-corrected chi connectivity index (χ1v) is 6.91. The summed E-state index contributed by atoms with van der Waals surface area (Å²) < 4.78 is 5.56.